The van der Waals surface area contributed by atoms with Gasteiger partial charge in [0.2, 0.25) is 5.91 Å². The fourth-order valence-corrected chi connectivity index (χ4v) is 9.81. The number of ketones is 1. The number of carboxylic acid groups (broad SMARTS) is 1. The SMILES string of the molecule is CC[C@@H]1C[C@]1(CC(=O)[C@@H]1C[C@@H](Oc2cc(C=C(C)C)nc3c(Cl)c(OCCN4CCOCC4)ccc23)CN1C(=O)[C@@H](CC(=O)OC1C[C@@H]2C[C@@H]2C1)C(C)(C)C)C(=O)O. The van der Waals surface area contributed by atoms with Gasteiger partial charge >= 0.3 is 11.9 Å². The summed E-state index contributed by atoms with van der Waals surface area (Å²) in [7, 11) is 0. The number of halogens is 1. The maximum absolute atomic E-state index is 14.8. The largest absolute Gasteiger partial charge is 0.491 e. The van der Waals surface area contributed by atoms with Gasteiger partial charge in [-0.15, -0.1) is 0 Å². The van der Waals surface area contributed by atoms with Crippen molar-refractivity contribution in [2.75, 3.05) is 46.0 Å². The number of hydrogen-bond donors (Lipinski definition) is 1. The van der Waals surface area contributed by atoms with E-state index in [2.05, 4.69) is 4.90 Å². The summed E-state index contributed by atoms with van der Waals surface area (Å²) >= 11 is 7.01. The van der Waals surface area contributed by atoms with E-state index in [1.165, 1.54) is 6.42 Å². The van der Waals surface area contributed by atoms with Gasteiger partial charge in [-0.1, -0.05) is 51.3 Å². The lowest BCUT2D eigenvalue weighted by atomic mass is 9.77. The molecule has 7 rings (SSSR count). The normalized spacial score (nSPS) is 28.4. The third-order valence-electron chi connectivity index (χ3n) is 13.1. The fourth-order valence-electron chi connectivity index (χ4n) is 9.55. The van der Waals surface area contributed by atoms with E-state index in [-0.39, 0.29) is 49.5 Å². The maximum Gasteiger partial charge on any atom is 0.310 e. The molecule has 1 unspecified atom stereocenters. The van der Waals surface area contributed by atoms with Crippen LogP contribution >= 0.6 is 11.6 Å². The second kappa shape index (κ2) is 17.1. The van der Waals surface area contributed by atoms with Crippen molar-refractivity contribution in [2.45, 2.75) is 111 Å². The fraction of sp³-hybridized carbons (Fsp3) is 0.667. The van der Waals surface area contributed by atoms with Crippen molar-refractivity contribution in [3.63, 3.8) is 0 Å². The number of morpholine rings is 1. The van der Waals surface area contributed by atoms with E-state index in [1.54, 1.807) is 4.90 Å². The van der Waals surface area contributed by atoms with E-state index in [4.69, 9.17) is 35.5 Å². The molecule has 3 saturated carbocycles. The minimum atomic E-state index is -1.13. The first-order chi connectivity index (χ1) is 27.6. The van der Waals surface area contributed by atoms with E-state index >= 15 is 0 Å². The predicted octanol–water partition coefficient (Wildman–Crippen LogP) is 7.22. The van der Waals surface area contributed by atoms with Crippen LogP contribution in [-0.2, 0) is 28.7 Å². The number of nitrogens with zero attached hydrogens (tertiary/aromatic N) is 3. The number of ether oxygens (including phenoxy) is 4. The summed E-state index contributed by atoms with van der Waals surface area (Å²) in [4.78, 5) is 63.7. The van der Waals surface area contributed by atoms with Gasteiger partial charge in [0.05, 0.1) is 54.8 Å². The van der Waals surface area contributed by atoms with Crippen LogP contribution in [0.15, 0.2) is 23.8 Å². The Hall–Kier alpha value is -3.74. The molecule has 1 N–H and O–H groups in total. The number of carbonyl (C=O) groups excluding carboxylic acids is 3. The highest BCUT2D eigenvalue weighted by molar-refractivity contribution is 6.36. The van der Waals surface area contributed by atoms with Gasteiger partial charge in [-0.05, 0) is 80.9 Å². The number of benzene rings is 1. The summed E-state index contributed by atoms with van der Waals surface area (Å²) in [5.41, 5.74) is 0.383. The molecular weight excluding hydrogens is 762 g/mol. The highest BCUT2D eigenvalue weighted by Gasteiger charge is 2.61. The lowest BCUT2D eigenvalue weighted by molar-refractivity contribution is -0.157. The molecule has 3 aliphatic carbocycles. The Bertz CT molecular complexity index is 1930. The predicted molar refractivity (Wildman–Crippen MR) is 220 cm³/mol. The summed E-state index contributed by atoms with van der Waals surface area (Å²) in [6, 6.07) is 4.59. The average molecular weight is 822 g/mol. The van der Waals surface area contributed by atoms with Crippen molar-refractivity contribution in [1.82, 2.24) is 14.8 Å². The van der Waals surface area contributed by atoms with Crippen LogP contribution in [0.25, 0.3) is 17.0 Å². The third-order valence-corrected chi connectivity index (χ3v) is 13.5. The number of carbonyl (C=O) groups is 4. The van der Waals surface area contributed by atoms with Gasteiger partial charge in [0.1, 0.15) is 35.3 Å². The molecule has 12 nitrogen and oxygen atoms in total. The number of Topliss-reactive ketones (excluding diaryl/α,β-unsaturated/α-hetero) is 1. The zero-order valence-corrected chi connectivity index (χ0v) is 35.6. The molecule has 316 valence electrons. The number of carboxylic acids is 1. The average Bonchev–Trinajstić information content (AvgIpc) is 3.98. The molecule has 5 fully saturated rings. The molecule has 2 saturated heterocycles. The van der Waals surface area contributed by atoms with Gasteiger partial charge in [0.25, 0.3) is 0 Å². The summed E-state index contributed by atoms with van der Waals surface area (Å²) in [6.45, 7) is 16.0. The van der Waals surface area contributed by atoms with Crippen LogP contribution in [0.2, 0.25) is 5.02 Å². The molecule has 1 amide bonds. The summed E-state index contributed by atoms with van der Waals surface area (Å²) < 4.78 is 24.3. The van der Waals surface area contributed by atoms with Gasteiger partial charge in [0, 0.05) is 43.9 Å². The quantitative estimate of drug-likeness (QED) is 0.171. The number of allylic oxidation sites excluding steroid dienone is 1. The number of likely N-dealkylation sites (tertiary alicyclic amines) is 1. The van der Waals surface area contributed by atoms with Crippen molar-refractivity contribution in [1.29, 1.82) is 0 Å². The summed E-state index contributed by atoms with van der Waals surface area (Å²) in [6.07, 6.45) is 5.14. The second-order valence-corrected chi connectivity index (χ2v) is 19.1. The number of hydrogen-bond acceptors (Lipinski definition) is 10. The molecule has 2 aromatic rings. The maximum atomic E-state index is 14.8. The minimum absolute atomic E-state index is 0.0817. The van der Waals surface area contributed by atoms with Crippen molar-refractivity contribution in [3.8, 4) is 11.5 Å². The standard InChI is InChI=1S/C45H60ClN3O9/c1-7-29-23-45(29,43(53)54)24-36(50)35-21-32(25-49(35)42(52)34(44(4,5)6)22-39(51)58-31-18-27-17-28(27)19-31)57-38-20-30(16-26(2)3)47-41-33(38)8-9-37(40(41)46)56-15-12-48-10-13-55-14-11-48/h8-9,16,20,27-29,31-32,34-35H,7,10-15,17-19,21-25H2,1-6H3,(H,53,54)/t27-,28+,29-,31?,32-,34-,35+,45-/m1/s1. The Morgan fingerprint density at radius 3 is 2.41 bits per heavy atom. The van der Waals surface area contributed by atoms with Crippen LogP contribution in [-0.4, -0.2) is 108 Å². The number of aromatic nitrogens is 1. The highest BCUT2D eigenvalue weighted by Crippen LogP contribution is 2.58. The first-order valence-electron chi connectivity index (χ1n) is 21.2. The molecular formula is C45H60ClN3O9. The van der Waals surface area contributed by atoms with Crippen molar-refractivity contribution < 1.29 is 43.2 Å². The van der Waals surface area contributed by atoms with E-state index in [0.29, 0.717) is 77.6 Å². The monoisotopic (exact) mass is 821 g/mol. The zero-order valence-electron chi connectivity index (χ0n) is 34.9. The van der Waals surface area contributed by atoms with Gasteiger partial charge in [-0.2, -0.15) is 0 Å². The Kier molecular flexibility index (Phi) is 12.5. The first kappa shape index (κ1) is 42.4. The number of rotatable bonds is 16. The van der Waals surface area contributed by atoms with Gasteiger partial charge in [-0.25, -0.2) is 4.98 Å². The van der Waals surface area contributed by atoms with Gasteiger partial charge in [0.15, 0.2) is 5.78 Å². The Morgan fingerprint density at radius 2 is 1.78 bits per heavy atom. The zero-order chi connectivity index (χ0) is 41.5. The van der Waals surface area contributed by atoms with Crippen molar-refractivity contribution in [2.24, 2.45) is 34.5 Å². The minimum Gasteiger partial charge on any atom is -0.491 e. The third kappa shape index (κ3) is 9.34. The molecule has 0 spiro atoms. The Morgan fingerprint density at radius 1 is 1.05 bits per heavy atom. The van der Waals surface area contributed by atoms with E-state index in [0.717, 1.165) is 38.0 Å². The topological polar surface area (TPSA) is 145 Å². The molecule has 1 aromatic carbocycles. The van der Waals surface area contributed by atoms with Gasteiger partial charge < -0.3 is 29.0 Å². The Labute approximate surface area is 346 Å². The lowest BCUT2D eigenvalue weighted by Crippen LogP contribution is -2.48. The van der Waals surface area contributed by atoms with Crippen molar-refractivity contribution >= 4 is 52.2 Å². The van der Waals surface area contributed by atoms with E-state index in [1.807, 2.05) is 65.8 Å². The highest BCUT2D eigenvalue weighted by atomic mass is 35.5. The molecule has 0 radical (unpaired) electrons. The Balaban J connectivity index is 1.15. The number of aliphatic carboxylic acids is 1. The van der Waals surface area contributed by atoms with Crippen LogP contribution in [0.3, 0.4) is 0 Å². The van der Waals surface area contributed by atoms with Crippen molar-refractivity contribution in [3.05, 3.63) is 34.5 Å². The molecule has 13 heteroatoms. The van der Waals surface area contributed by atoms with Crippen LogP contribution < -0.4 is 9.47 Å². The smallest absolute Gasteiger partial charge is 0.310 e. The van der Waals surface area contributed by atoms with Crippen LogP contribution in [0, 0.1) is 34.5 Å². The van der Waals surface area contributed by atoms with Crippen LogP contribution in [0.1, 0.15) is 98.6 Å². The number of fused-ring (bicyclic) bond motifs is 2. The lowest BCUT2D eigenvalue weighted by Gasteiger charge is -2.35. The molecule has 8 atom stereocenters. The number of amides is 1. The van der Waals surface area contributed by atoms with Crippen LogP contribution in [0.5, 0.6) is 11.5 Å². The van der Waals surface area contributed by atoms with E-state index < -0.39 is 40.8 Å². The molecule has 3 heterocycles. The first-order valence-corrected chi connectivity index (χ1v) is 21.6. The molecule has 58 heavy (non-hydrogen) atoms. The molecule has 2 aliphatic heterocycles. The summed E-state index contributed by atoms with van der Waals surface area (Å²) in [5.74, 6) is -0.593. The second-order valence-electron chi connectivity index (χ2n) is 18.7. The number of esters is 1. The van der Waals surface area contributed by atoms with Crippen LogP contribution in [0.4, 0.5) is 0 Å². The molecule has 0 bridgehead atoms. The summed E-state index contributed by atoms with van der Waals surface area (Å²) in [5, 5.41) is 11.2. The molecule has 5 aliphatic rings. The number of pyridine rings is 1. The molecule has 1 aromatic heterocycles. The van der Waals surface area contributed by atoms with Gasteiger partial charge in [-0.3, -0.25) is 24.1 Å². The van der Waals surface area contributed by atoms with E-state index in [9.17, 15) is 24.3 Å².